The zero-order valence-electron chi connectivity index (χ0n) is 20.6. The summed E-state index contributed by atoms with van der Waals surface area (Å²) in [5, 5.41) is 4.28. The lowest BCUT2D eigenvalue weighted by Crippen LogP contribution is -2.25. The molecule has 194 valence electrons. The number of hydrogen-bond donors (Lipinski definition) is 1. The number of amides is 1. The first-order valence-electron chi connectivity index (χ1n) is 11.2. The van der Waals surface area contributed by atoms with Crippen molar-refractivity contribution in [2.75, 3.05) is 13.7 Å². The van der Waals surface area contributed by atoms with E-state index < -0.39 is 11.9 Å². The Bertz CT molecular complexity index is 1340. The Hall–Kier alpha value is -2.88. The molecule has 1 amide bonds. The van der Waals surface area contributed by atoms with Crippen LogP contribution in [0.4, 0.5) is 0 Å². The molecule has 0 saturated heterocycles. The van der Waals surface area contributed by atoms with Crippen LogP contribution in [0.2, 0.25) is 5.02 Å². The summed E-state index contributed by atoms with van der Waals surface area (Å²) in [6, 6.07) is 13.5. The van der Waals surface area contributed by atoms with Crippen molar-refractivity contribution in [1.29, 1.82) is 0 Å². The Balaban J connectivity index is 1.63. The molecule has 1 N–H and O–H groups in total. The van der Waals surface area contributed by atoms with Crippen molar-refractivity contribution < 1.29 is 23.8 Å². The van der Waals surface area contributed by atoms with Gasteiger partial charge >= 0.3 is 5.97 Å². The van der Waals surface area contributed by atoms with Gasteiger partial charge in [-0.15, -0.1) is 0 Å². The van der Waals surface area contributed by atoms with Crippen LogP contribution in [0.25, 0.3) is 0 Å². The second-order valence-corrected chi connectivity index (χ2v) is 10.3. The van der Waals surface area contributed by atoms with Crippen molar-refractivity contribution in [3.63, 3.8) is 0 Å². The van der Waals surface area contributed by atoms with E-state index in [-0.39, 0.29) is 28.9 Å². The summed E-state index contributed by atoms with van der Waals surface area (Å²) in [5.74, 6) is 0.336. The maximum Gasteiger partial charge on any atom is 0.345 e. The van der Waals surface area contributed by atoms with Gasteiger partial charge in [-0.25, -0.2) is 10.2 Å². The maximum atomic E-state index is 12.5. The molecule has 0 heterocycles. The van der Waals surface area contributed by atoms with E-state index in [1.807, 2.05) is 13.0 Å². The molecule has 0 radical (unpaired) electrons. The van der Waals surface area contributed by atoms with Crippen molar-refractivity contribution in [2.45, 2.75) is 26.7 Å². The van der Waals surface area contributed by atoms with Crippen LogP contribution in [0.1, 0.15) is 46.8 Å². The van der Waals surface area contributed by atoms with Gasteiger partial charge in [0, 0.05) is 4.47 Å². The van der Waals surface area contributed by atoms with Gasteiger partial charge in [-0.05, 0) is 81.9 Å². The molecule has 7 nitrogen and oxygen atoms in total. The van der Waals surface area contributed by atoms with Crippen LogP contribution < -0.4 is 19.6 Å². The normalized spacial score (nSPS) is 11.0. The first-order valence-corrected chi connectivity index (χ1v) is 13.2. The van der Waals surface area contributed by atoms with E-state index in [9.17, 15) is 9.59 Å². The molecule has 0 aliphatic rings. The molecule has 0 bridgehead atoms. The predicted octanol–water partition coefficient (Wildman–Crippen LogP) is 7.05. The summed E-state index contributed by atoms with van der Waals surface area (Å²) < 4.78 is 18.4. The number of rotatable bonds is 9. The molecule has 0 aromatic heterocycles. The van der Waals surface area contributed by atoms with Crippen LogP contribution in [-0.4, -0.2) is 31.8 Å². The number of carbonyl (C=O) groups excluding carboxylic acids is 2. The standard InChI is InChI=1S/C27H25Br2ClN2O5/c1-15(2)19-12-20(28)16(3)25(29)26(19)36-14-24(33)32-31-13-17-9-10-22(23(11-17)35-4)37-27(34)18-7-5-6-8-21(18)30/h5-13,15H,14H2,1-4H3,(H,32,33)/b31-13+. The minimum absolute atomic E-state index is 0.200. The van der Waals surface area contributed by atoms with Crippen molar-refractivity contribution in [1.82, 2.24) is 5.43 Å². The second-order valence-electron chi connectivity index (χ2n) is 8.23. The highest BCUT2D eigenvalue weighted by Crippen LogP contribution is 2.40. The van der Waals surface area contributed by atoms with Crippen LogP contribution in [0.5, 0.6) is 17.2 Å². The summed E-state index contributed by atoms with van der Waals surface area (Å²) in [6.07, 6.45) is 1.44. The molecule has 0 atom stereocenters. The quantitative estimate of drug-likeness (QED) is 0.116. The van der Waals surface area contributed by atoms with E-state index in [0.717, 1.165) is 20.1 Å². The number of halogens is 3. The summed E-state index contributed by atoms with van der Waals surface area (Å²) in [6.45, 7) is 5.85. The van der Waals surface area contributed by atoms with Gasteiger partial charge in [0.2, 0.25) is 0 Å². The van der Waals surface area contributed by atoms with Crippen LogP contribution in [0, 0.1) is 6.92 Å². The summed E-state index contributed by atoms with van der Waals surface area (Å²) in [7, 11) is 1.45. The lowest BCUT2D eigenvalue weighted by atomic mass is 10.0. The Kier molecular flexibility index (Phi) is 10.1. The van der Waals surface area contributed by atoms with E-state index in [0.29, 0.717) is 17.1 Å². The van der Waals surface area contributed by atoms with Crippen LogP contribution >= 0.6 is 43.5 Å². The molecule has 3 aromatic carbocycles. The van der Waals surface area contributed by atoms with E-state index in [1.165, 1.54) is 13.3 Å². The van der Waals surface area contributed by atoms with Crippen molar-refractivity contribution in [3.05, 3.63) is 84.8 Å². The Morgan fingerprint density at radius 2 is 1.84 bits per heavy atom. The number of hydrazone groups is 1. The summed E-state index contributed by atoms with van der Waals surface area (Å²) in [5.41, 5.74) is 5.26. The molecule has 0 aliphatic carbocycles. The van der Waals surface area contributed by atoms with E-state index in [4.69, 9.17) is 25.8 Å². The third-order valence-corrected chi connectivity index (χ3v) is 7.40. The molecule has 0 spiro atoms. The number of esters is 1. The molecule has 37 heavy (non-hydrogen) atoms. The smallest absolute Gasteiger partial charge is 0.345 e. The molecule has 3 aromatic rings. The molecule has 0 saturated carbocycles. The predicted molar refractivity (Wildman–Crippen MR) is 151 cm³/mol. The molecular weight excluding hydrogens is 628 g/mol. The Morgan fingerprint density at radius 1 is 1.11 bits per heavy atom. The van der Waals surface area contributed by atoms with Gasteiger partial charge in [-0.2, -0.15) is 5.10 Å². The number of benzene rings is 3. The fourth-order valence-electron chi connectivity index (χ4n) is 3.27. The SMILES string of the molecule is COc1cc(/C=N/NC(=O)COc2c(C(C)C)cc(Br)c(C)c2Br)ccc1OC(=O)c1ccccc1Cl. The number of nitrogens with one attached hydrogen (secondary N) is 1. The van der Waals surface area contributed by atoms with E-state index in [2.05, 4.69) is 56.2 Å². The van der Waals surface area contributed by atoms with Crippen molar-refractivity contribution in [3.8, 4) is 17.2 Å². The molecule has 3 rings (SSSR count). The third-order valence-electron chi connectivity index (χ3n) is 5.29. The number of ether oxygens (including phenoxy) is 3. The largest absolute Gasteiger partial charge is 0.493 e. The summed E-state index contributed by atoms with van der Waals surface area (Å²) in [4.78, 5) is 24.8. The van der Waals surface area contributed by atoms with Gasteiger partial charge in [0.1, 0.15) is 5.75 Å². The second kappa shape index (κ2) is 13.1. The van der Waals surface area contributed by atoms with Gasteiger partial charge in [-0.3, -0.25) is 4.79 Å². The Labute approximate surface area is 237 Å². The molecule has 0 aliphatic heterocycles. The van der Waals surface area contributed by atoms with Gasteiger partial charge in [0.15, 0.2) is 18.1 Å². The van der Waals surface area contributed by atoms with Crippen LogP contribution in [0.3, 0.4) is 0 Å². The first kappa shape index (κ1) is 28.7. The monoisotopic (exact) mass is 650 g/mol. The Morgan fingerprint density at radius 3 is 2.51 bits per heavy atom. The third kappa shape index (κ3) is 7.34. The molecular formula is C27H25Br2ClN2O5. The average Bonchev–Trinajstić information content (AvgIpc) is 2.87. The molecule has 0 unspecified atom stereocenters. The minimum Gasteiger partial charge on any atom is -0.493 e. The van der Waals surface area contributed by atoms with Gasteiger partial charge in [-0.1, -0.05) is 53.5 Å². The first-order chi connectivity index (χ1) is 17.6. The molecule has 10 heteroatoms. The highest BCUT2D eigenvalue weighted by atomic mass is 79.9. The highest BCUT2D eigenvalue weighted by Gasteiger charge is 2.18. The number of carbonyl (C=O) groups is 2. The molecule has 0 fully saturated rings. The zero-order valence-corrected chi connectivity index (χ0v) is 24.5. The number of hydrogen-bond acceptors (Lipinski definition) is 6. The minimum atomic E-state index is -0.606. The van der Waals surface area contributed by atoms with Gasteiger partial charge < -0.3 is 14.2 Å². The number of methoxy groups -OCH3 is 1. The number of nitrogens with zero attached hydrogens (tertiary/aromatic N) is 1. The zero-order chi connectivity index (χ0) is 27.1. The van der Waals surface area contributed by atoms with Crippen LogP contribution in [0.15, 0.2) is 62.6 Å². The summed E-state index contributed by atoms with van der Waals surface area (Å²) >= 11 is 13.2. The van der Waals surface area contributed by atoms with Gasteiger partial charge in [0.05, 0.1) is 28.4 Å². The highest BCUT2D eigenvalue weighted by molar-refractivity contribution is 9.11. The lowest BCUT2D eigenvalue weighted by molar-refractivity contribution is -0.123. The fourth-order valence-corrected chi connectivity index (χ4v) is 4.75. The van der Waals surface area contributed by atoms with Crippen molar-refractivity contribution in [2.24, 2.45) is 5.10 Å². The topological polar surface area (TPSA) is 86.2 Å². The van der Waals surface area contributed by atoms with Gasteiger partial charge in [0.25, 0.3) is 5.91 Å². The van der Waals surface area contributed by atoms with E-state index >= 15 is 0 Å². The average molecular weight is 653 g/mol. The fraction of sp³-hybridized carbons (Fsp3) is 0.222. The lowest BCUT2D eigenvalue weighted by Gasteiger charge is -2.18. The van der Waals surface area contributed by atoms with E-state index in [1.54, 1.807) is 42.5 Å². The van der Waals surface area contributed by atoms with Crippen LogP contribution in [-0.2, 0) is 4.79 Å². The van der Waals surface area contributed by atoms with Crippen molar-refractivity contribution >= 4 is 61.6 Å². The maximum absolute atomic E-state index is 12.5.